The van der Waals surface area contributed by atoms with Crippen molar-refractivity contribution in [3.8, 4) is 0 Å². The van der Waals surface area contributed by atoms with Crippen molar-refractivity contribution < 1.29 is 14.6 Å². The maximum Gasteiger partial charge on any atom is 0.305 e. The number of para-hydroxylation sites is 1. The number of carbonyl (C=O) groups is 1. The van der Waals surface area contributed by atoms with Crippen molar-refractivity contribution in [1.29, 1.82) is 0 Å². The van der Waals surface area contributed by atoms with Crippen LogP contribution in [0.4, 0.5) is 5.69 Å². The number of benzene rings is 1. The molecule has 0 aromatic heterocycles. The molecular weight excluding hydrogens is 386 g/mol. The fourth-order valence-electron chi connectivity index (χ4n) is 3.75. The van der Waals surface area contributed by atoms with Crippen molar-refractivity contribution in [2.75, 3.05) is 18.5 Å². The second-order valence-electron chi connectivity index (χ2n) is 8.78. The molecule has 1 aromatic carbocycles. The average Bonchev–Trinajstić information content (AvgIpc) is 2.79. The van der Waals surface area contributed by atoms with E-state index in [4.69, 9.17) is 4.74 Å². The third kappa shape index (κ3) is 17.8. The summed E-state index contributed by atoms with van der Waals surface area (Å²) in [7, 11) is 0. The summed E-state index contributed by atoms with van der Waals surface area (Å²) >= 11 is 0. The lowest BCUT2D eigenvalue weighted by Crippen LogP contribution is -2.26. The number of aliphatic hydroxyl groups excluding tert-OH is 1. The van der Waals surface area contributed by atoms with Crippen molar-refractivity contribution in [1.82, 2.24) is 0 Å². The average molecular weight is 434 g/mol. The van der Waals surface area contributed by atoms with Gasteiger partial charge in [-0.15, -0.1) is 0 Å². The minimum absolute atomic E-state index is 0.0530. The van der Waals surface area contributed by atoms with Gasteiger partial charge in [0, 0.05) is 18.7 Å². The molecule has 31 heavy (non-hydrogen) atoms. The second-order valence-corrected chi connectivity index (χ2v) is 8.78. The normalized spacial score (nSPS) is 11.9. The molecule has 0 saturated heterocycles. The highest BCUT2D eigenvalue weighted by Crippen LogP contribution is 2.14. The molecule has 0 bridgehead atoms. The van der Waals surface area contributed by atoms with E-state index in [1.54, 1.807) is 0 Å². The van der Waals surface area contributed by atoms with Gasteiger partial charge < -0.3 is 15.2 Å². The number of carbonyl (C=O) groups excluding carboxylic acids is 1. The molecule has 4 nitrogen and oxygen atoms in total. The molecule has 0 aliphatic carbocycles. The first-order valence-electron chi connectivity index (χ1n) is 12.8. The van der Waals surface area contributed by atoms with Crippen LogP contribution >= 0.6 is 0 Å². The summed E-state index contributed by atoms with van der Waals surface area (Å²) in [5.74, 6) is -0.201. The lowest BCUT2D eigenvalue weighted by atomic mass is 10.0. The van der Waals surface area contributed by atoms with Gasteiger partial charge in [-0.2, -0.15) is 0 Å². The predicted octanol–water partition coefficient (Wildman–Crippen LogP) is 7.26. The van der Waals surface area contributed by atoms with E-state index in [-0.39, 0.29) is 12.6 Å². The number of nitrogens with one attached hydrogen (secondary N) is 1. The van der Waals surface area contributed by atoms with Crippen LogP contribution in [0.2, 0.25) is 0 Å². The van der Waals surface area contributed by atoms with E-state index in [9.17, 15) is 9.90 Å². The smallest absolute Gasteiger partial charge is 0.305 e. The molecule has 1 aromatic rings. The standard InChI is InChI=1S/C27H47NO3/c1-2-3-4-5-6-7-8-9-10-11-12-13-14-15-19-22-27(30)31-24-26(29)23-28-25-20-17-16-18-21-25/h16-18,20-21,26,28-29H,2-15,19,22-24H2,1H3/t26-/m0/s1. The van der Waals surface area contributed by atoms with Crippen molar-refractivity contribution in [2.24, 2.45) is 0 Å². The van der Waals surface area contributed by atoms with Crippen molar-refractivity contribution in [3.05, 3.63) is 30.3 Å². The molecule has 0 saturated carbocycles. The van der Waals surface area contributed by atoms with Gasteiger partial charge in [-0.3, -0.25) is 4.79 Å². The summed E-state index contributed by atoms with van der Waals surface area (Å²) in [6.45, 7) is 2.70. The summed E-state index contributed by atoms with van der Waals surface area (Å²) < 4.78 is 5.18. The lowest BCUT2D eigenvalue weighted by Gasteiger charge is -2.13. The first-order chi connectivity index (χ1) is 15.2. The maximum absolute atomic E-state index is 11.8. The van der Waals surface area contributed by atoms with E-state index < -0.39 is 6.10 Å². The van der Waals surface area contributed by atoms with Crippen LogP contribution in [-0.2, 0) is 9.53 Å². The van der Waals surface area contributed by atoms with E-state index in [1.807, 2.05) is 30.3 Å². The van der Waals surface area contributed by atoms with Crippen LogP contribution in [0.15, 0.2) is 30.3 Å². The van der Waals surface area contributed by atoms with Gasteiger partial charge in [0.25, 0.3) is 0 Å². The molecule has 178 valence electrons. The lowest BCUT2D eigenvalue weighted by molar-refractivity contribution is -0.146. The Hall–Kier alpha value is -1.55. The van der Waals surface area contributed by atoms with Gasteiger partial charge in [0.05, 0.1) is 0 Å². The number of ether oxygens (including phenoxy) is 1. The number of rotatable bonds is 21. The van der Waals surface area contributed by atoms with E-state index in [0.717, 1.165) is 18.5 Å². The predicted molar refractivity (Wildman–Crippen MR) is 131 cm³/mol. The minimum Gasteiger partial charge on any atom is -0.463 e. The van der Waals surface area contributed by atoms with Gasteiger partial charge >= 0.3 is 5.97 Å². The van der Waals surface area contributed by atoms with Crippen LogP contribution < -0.4 is 5.32 Å². The molecule has 2 N–H and O–H groups in total. The van der Waals surface area contributed by atoms with Gasteiger partial charge in [-0.25, -0.2) is 0 Å². The molecule has 0 unspecified atom stereocenters. The van der Waals surface area contributed by atoms with Gasteiger partial charge in [-0.05, 0) is 18.6 Å². The Morgan fingerprint density at radius 1 is 0.806 bits per heavy atom. The first kappa shape index (κ1) is 27.5. The Kier molecular flexibility index (Phi) is 18.0. The summed E-state index contributed by atoms with van der Waals surface area (Å²) in [5, 5.41) is 13.1. The highest BCUT2D eigenvalue weighted by atomic mass is 16.5. The summed E-state index contributed by atoms with van der Waals surface area (Å²) in [6.07, 6.45) is 19.5. The SMILES string of the molecule is CCCCCCCCCCCCCCCCCC(=O)OC[C@@H](O)CNc1ccccc1. The van der Waals surface area contributed by atoms with Crippen molar-refractivity contribution in [2.45, 2.75) is 116 Å². The summed E-state index contributed by atoms with van der Waals surface area (Å²) in [6, 6.07) is 9.70. The summed E-state index contributed by atoms with van der Waals surface area (Å²) in [5.41, 5.74) is 0.950. The van der Waals surface area contributed by atoms with Crippen LogP contribution in [0.1, 0.15) is 110 Å². The molecule has 0 amide bonds. The van der Waals surface area contributed by atoms with Crippen molar-refractivity contribution >= 4 is 11.7 Å². The second kappa shape index (κ2) is 20.4. The molecule has 4 heteroatoms. The van der Waals surface area contributed by atoms with Crippen LogP contribution in [0.3, 0.4) is 0 Å². The fraction of sp³-hybridized carbons (Fsp3) is 0.741. The topological polar surface area (TPSA) is 58.6 Å². The van der Waals surface area contributed by atoms with Gasteiger partial charge in [0.15, 0.2) is 0 Å². The molecule has 0 spiro atoms. The highest BCUT2D eigenvalue weighted by molar-refractivity contribution is 5.69. The zero-order valence-electron chi connectivity index (χ0n) is 20.0. The van der Waals surface area contributed by atoms with E-state index >= 15 is 0 Å². The van der Waals surface area contributed by atoms with Crippen molar-refractivity contribution in [3.63, 3.8) is 0 Å². The first-order valence-corrected chi connectivity index (χ1v) is 12.8. The van der Waals surface area contributed by atoms with Crippen LogP contribution in [0, 0.1) is 0 Å². The zero-order valence-corrected chi connectivity index (χ0v) is 20.0. The Morgan fingerprint density at radius 2 is 1.29 bits per heavy atom. The third-order valence-electron chi connectivity index (χ3n) is 5.74. The van der Waals surface area contributed by atoms with Gasteiger partial charge in [-0.1, -0.05) is 115 Å². The number of unbranched alkanes of at least 4 members (excludes halogenated alkanes) is 14. The third-order valence-corrected chi connectivity index (χ3v) is 5.74. The Bertz CT molecular complexity index is 520. The number of esters is 1. The monoisotopic (exact) mass is 433 g/mol. The fourth-order valence-corrected chi connectivity index (χ4v) is 3.75. The Balaban J connectivity index is 1.81. The number of hydrogen-bond donors (Lipinski definition) is 2. The number of aliphatic hydroxyl groups is 1. The molecule has 1 atom stereocenters. The van der Waals surface area contributed by atoms with Crippen LogP contribution in [0.5, 0.6) is 0 Å². The molecule has 0 aliphatic rings. The zero-order chi connectivity index (χ0) is 22.4. The van der Waals surface area contributed by atoms with Gasteiger partial charge in [0.1, 0.15) is 12.7 Å². The Morgan fingerprint density at radius 3 is 1.81 bits per heavy atom. The molecule has 0 heterocycles. The van der Waals surface area contributed by atoms with E-state index in [1.165, 1.54) is 83.5 Å². The molecule has 0 aliphatic heterocycles. The van der Waals surface area contributed by atoms with E-state index in [2.05, 4.69) is 12.2 Å². The quantitative estimate of drug-likeness (QED) is 0.158. The molecular formula is C27H47NO3. The molecule has 0 fully saturated rings. The molecule has 1 rings (SSSR count). The Labute approximate surface area is 191 Å². The largest absolute Gasteiger partial charge is 0.463 e. The van der Waals surface area contributed by atoms with Crippen LogP contribution in [0.25, 0.3) is 0 Å². The number of anilines is 1. The maximum atomic E-state index is 11.8. The van der Waals surface area contributed by atoms with E-state index in [0.29, 0.717) is 13.0 Å². The van der Waals surface area contributed by atoms with Crippen LogP contribution in [-0.4, -0.2) is 30.3 Å². The minimum atomic E-state index is -0.690. The van der Waals surface area contributed by atoms with Gasteiger partial charge in [0.2, 0.25) is 0 Å². The molecule has 0 radical (unpaired) electrons. The number of hydrogen-bond acceptors (Lipinski definition) is 4. The highest BCUT2D eigenvalue weighted by Gasteiger charge is 2.08. The summed E-state index contributed by atoms with van der Waals surface area (Å²) in [4.78, 5) is 11.8.